The van der Waals surface area contributed by atoms with Gasteiger partial charge in [0.25, 0.3) is 0 Å². The van der Waals surface area contributed by atoms with E-state index >= 15 is 0 Å². The zero-order chi connectivity index (χ0) is 24.0. The molecule has 2 aromatic rings. The standard InChI is InChI=1S/C21H26F3N5O3S/c1-14-19(15(2)29(26-14)16-7-12-33(31,32)13-16)27-8-10-28(11-9-27)20(30)25-18-6-4-3-5-17(18)21(22,23)24/h3-6,16H,7-13H2,1-2H3,(H,25,30)/t16-/m1/s1. The number of sulfone groups is 1. The molecule has 1 aromatic carbocycles. The van der Waals surface area contributed by atoms with Crippen molar-refractivity contribution in [1.29, 1.82) is 0 Å². The number of nitrogens with one attached hydrogen (secondary N) is 1. The van der Waals surface area contributed by atoms with Crippen molar-refractivity contribution in [3.05, 3.63) is 41.2 Å². The predicted molar refractivity (Wildman–Crippen MR) is 118 cm³/mol. The number of aryl methyl sites for hydroxylation is 1. The van der Waals surface area contributed by atoms with Gasteiger partial charge in [0.2, 0.25) is 0 Å². The predicted octanol–water partition coefficient (Wildman–Crippen LogP) is 3.23. The minimum absolute atomic E-state index is 0.0851. The summed E-state index contributed by atoms with van der Waals surface area (Å²) in [6.45, 7) is 5.43. The Morgan fingerprint density at radius 1 is 1.12 bits per heavy atom. The Kier molecular flexibility index (Phi) is 6.06. The third-order valence-electron chi connectivity index (χ3n) is 6.20. The fraction of sp³-hybridized carbons (Fsp3) is 0.524. The number of halogens is 3. The highest BCUT2D eigenvalue weighted by Crippen LogP contribution is 2.35. The Bertz CT molecular complexity index is 1150. The van der Waals surface area contributed by atoms with Gasteiger partial charge in [0.15, 0.2) is 9.84 Å². The van der Waals surface area contributed by atoms with E-state index in [-0.39, 0.29) is 23.2 Å². The maximum Gasteiger partial charge on any atom is 0.418 e. The average Bonchev–Trinajstić information content (AvgIpc) is 3.25. The molecule has 33 heavy (non-hydrogen) atoms. The molecule has 2 saturated heterocycles. The first-order valence-corrected chi connectivity index (χ1v) is 12.5. The maximum absolute atomic E-state index is 13.2. The zero-order valence-corrected chi connectivity index (χ0v) is 19.2. The first-order chi connectivity index (χ1) is 15.5. The van der Waals surface area contributed by atoms with E-state index in [1.54, 1.807) is 4.68 Å². The number of anilines is 2. The number of rotatable bonds is 3. The van der Waals surface area contributed by atoms with Gasteiger partial charge in [-0.1, -0.05) is 12.1 Å². The molecule has 0 saturated carbocycles. The van der Waals surface area contributed by atoms with Crippen LogP contribution < -0.4 is 10.2 Å². The van der Waals surface area contributed by atoms with Gasteiger partial charge in [-0.05, 0) is 32.4 Å². The molecule has 2 aliphatic rings. The van der Waals surface area contributed by atoms with Crippen molar-refractivity contribution in [3.63, 3.8) is 0 Å². The van der Waals surface area contributed by atoms with Gasteiger partial charge in [0, 0.05) is 26.2 Å². The fourth-order valence-corrected chi connectivity index (χ4v) is 6.29. The molecule has 0 spiro atoms. The number of carbonyl (C=O) groups is 1. The van der Waals surface area contributed by atoms with Gasteiger partial charge in [-0.2, -0.15) is 18.3 Å². The summed E-state index contributed by atoms with van der Waals surface area (Å²) in [7, 11) is -3.04. The minimum atomic E-state index is -4.56. The van der Waals surface area contributed by atoms with E-state index < -0.39 is 27.6 Å². The van der Waals surface area contributed by atoms with E-state index in [0.29, 0.717) is 32.6 Å². The van der Waals surface area contributed by atoms with Crippen LogP contribution in [0.2, 0.25) is 0 Å². The van der Waals surface area contributed by atoms with Crippen molar-refractivity contribution in [2.75, 3.05) is 47.9 Å². The van der Waals surface area contributed by atoms with Gasteiger partial charge in [0.1, 0.15) is 0 Å². The molecule has 12 heteroatoms. The first-order valence-electron chi connectivity index (χ1n) is 10.7. The van der Waals surface area contributed by atoms with Crippen LogP contribution in [0.25, 0.3) is 0 Å². The van der Waals surface area contributed by atoms with Crippen LogP contribution in [0.4, 0.5) is 29.3 Å². The lowest BCUT2D eigenvalue weighted by Gasteiger charge is -2.36. The lowest BCUT2D eigenvalue weighted by Crippen LogP contribution is -2.50. The molecule has 0 radical (unpaired) electrons. The Labute approximate surface area is 190 Å². The topological polar surface area (TPSA) is 87.5 Å². The number of nitrogens with zero attached hydrogens (tertiary/aromatic N) is 4. The normalized spacial score (nSPS) is 20.8. The first kappa shape index (κ1) is 23.4. The number of benzene rings is 1. The second-order valence-corrected chi connectivity index (χ2v) is 10.7. The third kappa shape index (κ3) is 4.80. The molecule has 2 aliphatic heterocycles. The van der Waals surface area contributed by atoms with Crippen LogP contribution in [0.1, 0.15) is 29.4 Å². The molecule has 180 valence electrons. The third-order valence-corrected chi connectivity index (χ3v) is 7.95. The van der Waals surface area contributed by atoms with E-state index in [2.05, 4.69) is 15.3 Å². The van der Waals surface area contributed by atoms with Crippen LogP contribution in [-0.4, -0.2) is 66.8 Å². The molecule has 4 rings (SSSR count). The van der Waals surface area contributed by atoms with Gasteiger partial charge in [-0.25, -0.2) is 13.2 Å². The number of amides is 2. The number of piperazine rings is 1. The van der Waals surface area contributed by atoms with Gasteiger partial charge >= 0.3 is 12.2 Å². The second-order valence-electron chi connectivity index (χ2n) is 8.47. The maximum atomic E-state index is 13.2. The molecule has 2 fully saturated rings. The summed E-state index contributed by atoms with van der Waals surface area (Å²) in [6, 6.07) is 4.15. The zero-order valence-electron chi connectivity index (χ0n) is 18.4. The van der Waals surface area contributed by atoms with Crippen LogP contribution in [0.3, 0.4) is 0 Å². The number of urea groups is 1. The molecule has 2 amide bonds. The van der Waals surface area contributed by atoms with Crippen molar-refractivity contribution in [3.8, 4) is 0 Å². The number of para-hydroxylation sites is 1. The van der Waals surface area contributed by atoms with Gasteiger partial charge < -0.3 is 15.1 Å². The molecule has 0 unspecified atom stereocenters. The fourth-order valence-electron chi connectivity index (χ4n) is 4.60. The Balaban J connectivity index is 1.42. The number of aromatic nitrogens is 2. The molecule has 0 aliphatic carbocycles. The SMILES string of the molecule is Cc1nn([C@@H]2CCS(=O)(=O)C2)c(C)c1N1CCN(C(=O)Nc2ccccc2C(F)(F)F)CC1. The quantitative estimate of drug-likeness (QED) is 0.721. The summed E-state index contributed by atoms with van der Waals surface area (Å²) < 4.78 is 65.1. The number of hydrogen-bond donors (Lipinski definition) is 1. The summed E-state index contributed by atoms with van der Waals surface area (Å²) in [4.78, 5) is 16.2. The van der Waals surface area contributed by atoms with E-state index in [0.717, 1.165) is 23.1 Å². The summed E-state index contributed by atoms with van der Waals surface area (Å²) in [5.41, 5.74) is 1.43. The van der Waals surface area contributed by atoms with Crippen LogP contribution in [-0.2, 0) is 16.0 Å². The van der Waals surface area contributed by atoms with Gasteiger partial charge in [-0.3, -0.25) is 4.68 Å². The largest absolute Gasteiger partial charge is 0.418 e. The lowest BCUT2D eigenvalue weighted by atomic mass is 10.1. The molecule has 8 nitrogen and oxygen atoms in total. The van der Waals surface area contributed by atoms with Gasteiger partial charge in [-0.15, -0.1) is 0 Å². The highest BCUT2D eigenvalue weighted by molar-refractivity contribution is 7.91. The molecular weight excluding hydrogens is 459 g/mol. The summed E-state index contributed by atoms with van der Waals surface area (Å²) in [5.74, 6) is 0.248. The summed E-state index contributed by atoms with van der Waals surface area (Å²) in [5, 5.41) is 6.97. The van der Waals surface area contributed by atoms with Crippen molar-refractivity contribution in [2.24, 2.45) is 0 Å². The Morgan fingerprint density at radius 3 is 2.39 bits per heavy atom. The summed E-state index contributed by atoms with van der Waals surface area (Å²) >= 11 is 0. The monoisotopic (exact) mass is 485 g/mol. The van der Waals surface area contributed by atoms with E-state index in [4.69, 9.17) is 0 Å². The van der Waals surface area contributed by atoms with Crippen LogP contribution in [0.5, 0.6) is 0 Å². The average molecular weight is 486 g/mol. The van der Waals surface area contributed by atoms with E-state index in [9.17, 15) is 26.4 Å². The molecule has 0 bridgehead atoms. The van der Waals surface area contributed by atoms with Crippen LogP contribution in [0.15, 0.2) is 24.3 Å². The Hall–Kier alpha value is -2.76. The Morgan fingerprint density at radius 2 is 1.79 bits per heavy atom. The highest BCUT2D eigenvalue weighted by atomic mass is 32.2. The van der Waals surface area contributed by atoms with Crippen LogP contribution >= 0.6 is 0 Å². The lowest BCUT2D eigenvalue weighted by molar-refractivity contribution is -0.136. The molecule has 3 heterocycles. The minimum Gasteiger partial charge on any atom is -0.365 e. The molecular formula is C21H26F3N5O3S. The second kappa shape index (κ2) is 8.54. The van der Waals surface area contributed by atoms with Crippen LogP contribution in [0, 0.1) is 13.8 Å². The van der Waals surface area contributed by atoms with Crippen molar-refractivity contribution in [2.45, 2.75) is 32.5 Å². The van der Waals surface area contributed by atoms with Gasteiger partial charge in [0.05, 0.1) is 45.9 Å². The molecule has 1 N–H and O–H groups in total. The number of hydrogen-bond acceptors (Lipinski definition) is 5. The molecule has 1 atom stereocenters. The highest BCUT2D eigenvalue weighted by Gasteiger charge is 2.35. The van der Waals surface area contributed by atoms with Crippen molar-refractivity contribution >= 4 is 27.2 Å². The van der Waals surface area contributed by atoms with Crippen molar-refractivity contribution < 1.29 is 26.4 Å². The molecule has 1 aromatic heterocycles. The number of alkyl halides is 3. The van der Waals surface area contributed by atoms with Crippen molar-refractivity contribution in [1.82, 2.24) is 14.7 Å². The number of carbonyl (C=O) groups excluding carboxylic acids is 1. The summed E-state index contributed by atoms with van der Waals surface area (Å²) in [6.07, 6.45) is -4.02. The smallest absolute Gasteiger partial charge is 0.365 e. The van der Waals surface area contributed by atoms with E-state index in [1.165, 1.54) is 23.1 Å². The van der Waals surface area contributed by atoms with E-state index in [1.807, 2.05) is 13.8 Å².